The molecule has 126 valence electrons. The summed E-state index contributed by atoms with van der Waals surface area (Å²) >= 11 is 1.87. The average Bonchev–Trinajstić information content (AvgIpc) is 3.21. The van der Waals surface area contributed by atoms with Gasteiger partial charge in [-0.25, -0.2) is 0 Å². The number of hydrogen-bond donors (Lipinski definition) is 1. The minimum absolute atomic E-state index is 0.0260. The van der Waals surface area contributed by atoms with E-state index in [0.29, 0.717) is 6.42 Å². The van der Waals surface area contributed by atoms with Crippen LogP contribution < -0.4 is 5.32 Å². The van der Waals surface area contributed by atoms with Gasteiger partial charge in [-0.15, -0.1) is 11.8 Å². The van der Waals surface area contributed by atoms with Crippen LogP contribution in [0.1, 0.15) is 27.8 Å². The molecule has 1 aliphatic rings. The second-order valence-corrected chi connectivity index (χ2v) is 7.25. The van der Waals surface area contributed by atoms with Gasteiger partial charge in [-0.3, -0.25) is 9.78 Å². The maximum Gasteiger partial charge on any atom is 0.228 e. The zero-order valence-electron chi connectivity index (χ0n) is 14.0. The van der Waals surface area contributed by atoms with E-state index in [0.717, 1.165) is 22.6 Å². The first-order chi connectivity index (χ1) is 12.2. The van der Waals surface area contributed by atoms with E-state index in [4.69, 9.17) is 0 Å². The number of para-hydroxylation sites is 1. The predicted molar refractivity (Wildman–Crippen MR) is 102 cm³/mol. The molecule has 0 aliphatic carbocycles. The Bertz CT molecular complexity index is 904. The predicted octanol–water partition coefficient (Wildman–Crippen LogP) is 4.17. The van der Waals surface area contributed by atoms with Gasteiger partial charge in [0, 0.05) is 41.3 Å². The van der Waals surface area contributed by atoms with Gasteiger partial charge >= 0.3 is 0 Å². The number of anilines is 1. The van der Waals surface area contributed by atoms with E-state index in [1.165, 1.54) is 11.3 Å². The van der Waals surface area contributed by atoms with E-state index in [9.17, 15) is 4.79 Å². The Hall–Kier alpha value is -2.53. The first-order valence-electron chi connectivity index (χ1n) is 8.28. The van der Waals surface area contributed by atoms with Crippen LogP contribution in [0.25, 0.3) is 0 Å². The summed E-state index contributed by atoms with van der Waals surface area (Å²) in [7, 11) is 0. The third-order valence-corrected chi connectivity index (χ3v) is 5.74. The smallest absolute Gasteiger partial charge is 0.228 e. The van der Waals surface area contributed by atoms with E-state index in [1.807, 2.05) is 55.2 Å². The molecule has 3 heterocycles. The van der Waals surface area contributed by atoms with Crippen LogP contribution in [0.2, 0.25) is 0 Å². The van der Waals surface area contributed by atoms with Crippen molar-refractivity contribution in [3.05, 3.63) is 83.4 Å². The first kappa shape index (κ1) is 16.0. The maximum absolute atomic E-state index is 12.4. The molecule has 1 amide bonds. The number of nitrogens with zero attached hydrogens (tertiary/aromatic N) is 2. The zero-order valence-corrected chi connectivity index (χ0v) is 14.8. The van der Waals surface area contributed by atoms with Crippen molar-refractivity contribution < 1.29 is 4.79 Å². The molecule has 25 heavy (non-hydrogen) atoms. The summed E-state index contributed by atoms with van der Waals surface area (Å²) in [6.07, 6.45) is 6.19. The fourth-order valence-corrected chi connectivity index (χ4v) is 4.51. The molecule has 0 spiro atoms. The average molecular weight is 349 g/mol. The Kier molecular flexibility index (Phi) is 4.32. The van der Waals surface area contributed by atoms with Crippen LogP contribution in [0.3, 0.4) is 0 Å². The molecule has 0 saturated heterocycles. The highest BCUT2D eigenvalue weighted by atomic mass is 32.2. The molecule has 1 N–H and O–H groups in total. The van der Waals surface area contributed by atoms with Gasteiger partial charge in [0.15, 0.2) is 0 Å². The quantitative estimate of drug-likeness (QED) is 0.769. The summed E-state index contributed by atoms with van der Waals surface area (Å²) in [6.45, 7) is 2.00. The molecule has 1 unspecified atom stereocenters. The number of hydrogen-bond acceptors (Lipinski definition) is 3. The lowest BCUT2D eigenvalue weighted by molar-refractivity contribution is -0.115. The fourth-order valence-electron chi connectivity index (χ4n) is 3.17. The number of aryl methyl sites for hydroxylation is 1. The highest BCUT2D eigenvalue weighted by Crippen LogP contribution is 2.41. The monoisotopic (exact) mass is 349 g/mol. The van der Waals surface area contributed by atoms with Crippen molar-refractivity contribution >= 4 is 23.4 Å². The van der Waals surface area contributed by atoms with Crippen LogP contribution in [0.15, 0.2) is 61.1 Å². The van der Waals surface area contributed by atoms with Crippen LogP contribution in [0.5, 0.6) is 0 Å². The van der Waals surface area contributed by atoms with E-state index >= 15 is 0 Å². The van der Waals surface area contributed by atoms with Gasteiger partial charge in [0.2, 0.25) is 5.91 Å². The van der Waals surface area contributed by atoms with Crippen LogP contribution >= 0.6 is 11.8 Å². The number of carbonyl (C=O) groups is 1. The van der Waals surface area contributed by atoms with Crippen LogP contribution in [-0.2, 0) is 17.0 Å². The Morgan fingerprint density at radius 1 is 1.28 bits per heavy atom. The largest absolute Gasteiger partial charge is 0.334 e. The Labute approximate surface area is 151 Å². The fraction of sp³-hybridized carbons (Fsp3) is 0.200. The number of rotatable bonds is 4. The number of thioether (sulfide) groups is 1. The summed E-state index contributed by atoms with van der Waals surface area (Å²) in [5, 5.41) is 3.26. The van der Waals surface area contributed by atoms with Crippen LogP contribution in [0.4, 0.5) is 5.69 Å². The molecule has 2 aromatic heterocycles. The van der Waals surface area contributed by atoms with Crippen molar-refractivity contribution in [3.8, 4) is 0 Å². The Morgan fingerprint density at radius 3 is 2.96 bits per heavy atom. The van der Waals surface area contributed by atoms with Crippen molar-refractivity contribution in [2.45, 2.75) is 24.5 Å². The van der Waals surface area contributed by atoms with Crippen LogP contribution in [-0.4, -0.2) is 15.5 Å². The number of benzene rings is 1. The molecule has 0 saturated carbocycles. The molecular weight excluding hydrogens is 330 g/mol. The molecule has 0 radical (unpaired) electrons. The number of pyridine rings is 1. The molecule has 0 fully saturated rings. The lowest BCUT2D eigenvalue weighted by Crippen LogP contribution is -2.15. The first-order valence-corrected chi connectivity index (χ1v) is 9.33. The molecule has 1 aromatic carbocycles. The summed E-state index contributed by atoms with van der Waals surface area (Å²) < 4.78 is 2.26. The molecule has 1 aliphatic heterocycles. The second kappa shape index (κ2) is 6.76. The summed E-state index contributed by atoms with van der Waals surface area (Å²) in [5.41, 5.74) is 5.48. The molecule has 1 atom stereocenters. The summed E-state index contributed by atoms with van der Waals surface area (Å²) in [6, 6.07) is 14.0. The molecule has 4 nitrogen and oxygen atoms in total. The van der Waals surface area contributed by atoms with Crippen LogP contribution in [0, 0.1) is 6.92 Å². The molecule has 0 bridgehead atoms. The van der Waals surface area contributed by atoms with E-state index in [2.05, 4.69) is 33.2 Å². The minimum atomic E-state index is 0.0260. The number of fused-ring (bicyclic) bond motifs is 1. The van der Waals surface area contributed by atoms with E-state index in [-0.39, 0.29) is 11.3 Å². The Morgan fingerprint density at radius 2 is 2.16 bits per heavy atom. The second-order valence-electron chi connectivity index (χ2n) is 6.18. The highest BCUT2D eigenvalue weighted by Gasteiger charge is 2.26. The number of aromatic nitrogens is 2. The molecule has 3 aromatic rings. The van der Waals surface area contributed by atoms with Crippen molar-refractivity contribution in [3.63, 3.8) is 0 Å². The van der Waals surface area contributed by atoms with Gasteiger partial charge in [-0.05, 0) is 36.2 Å². The molecule has 5 heteroatoms. The van der Waals surface area contributed by atoms with Crippen molar-refractivity contribution in [1.82, 2.24) is 9.55 Å². The zero-order chi connectivity index (χ0) is 17.2. The van der Waals surface area contributed by atoms with E-state index in [1.54, 1.807) is 6.20 Å². The van der Waals surface area contributed by atoms with Crippen molar-refractivity contribution in [1.29, 1.82) is 0 Å². The minimum Gasteiger partial charge on any atom is -0.334 e. The topological polar surface area (TPSA) is 46.9 Å². The standard InChI is InChI=1S/C20H19N3OS/c1-14-5-2-3-7-17(14)22-19(24)11-15-8-10-23-18(15)13-25-20(23)16-6-4-9-21-12-16/h2-10,12,20H,11,13H2,1H3,(H,22,24). The van der Waals surface area contributed by atoms with Gasteiger partial charge in [0.25, 0.3) is 0 Å². The molecule has 4 rings (SSSR count). The highest BCUT2D eigenvalue weighted by molar-refractivity contribution is 7.99. The van der Waals surface area contributed by atoms with E-state index < -0.39 is 0 Å². The lowest BCUT2D eigenvalue weighted by Gasteiger charge is -2.12. The number of carbonyl (C=O) groups excluding carboxylic acids is 1. The summed E-state index contributed by atoms with van der Waals surface area (Å²) in [4.78, 5) is 16.7. The van der Waals surface area contributed by atoms with Gasteiger partial charge in [0.05, 0.1) is 6.42 Å². The number of amides is 1. The van der Waals surface area contributed by atoms with Gasteiger partial charge < -0.3 is 9.88 Å². The SMILES string of the molecule is Cc1ccccc1NC(=O)Cc1ccn2c1CSC2c1cccnc1. The van der Waals surface area contributed by atoms with Gasteiger partial charge in [-0.2, -0.15) is 0 Å². The van der Waals surface area contributed by atoms with Crippen molar-refractivity contribution in [2.24, 2.45) is 0 Å². The third kappa shape index (κ3) is 3.20. The maximum atomic E-state index is 12.4. The van der Waals surface area contributed by atoms with Gasteiger partial charge in [0.1, 0.15) is 5.37 Å². The lowest BCUT2D eigenvalue weighted by atomic mass is 10.1. The summed E-state index contributed by atoms with van der Waals surface area (Å²) in [5.74, 6) is 0.942. The molecular formula is C20H19N3OS. The number of nitrogens with one attached hydrogen (secondary N) is 1. The van der Waals surface area contributed by atoms with Crippen molar-refractivity contribution in [2.75, 3.05) is 5.32 Å². The normalized spacial score (nSPS) is 15.8. The van der Waals surface area contributed by atoms with Gasteiger partial charge in [-0.1, -0.05) is 24.3 Å². The third-order valence-electron chi connectivity index (χ3n) is 4.49. The Balaban J connectivity index is 1.50.